The van der Waals surface area contributed by atoms with E-state index < -0.39 is 0 Å². The number of unbranched alkanes of at least 4 members (excludes halogenated alkanes) is 1. The lowest BCUT2D eigenvalue weighted by molar-refractivity contribution is 0.0544. The Morgan fingerprint density at radius 3 is 2.70 bits per heavy atom. The number of benzene rings is 1. The van der Waals surface area contributed by atoms with E-state index in [1.165, 1.54) is 0 Å². The Bertz CT molecular complexity index is 390. The molecule has 0 atom stereocenters. The number of Topliss-reactive ketones (excluding diaryl/α,β-unsaturated/α-hetero) is 1. The van der Waals surface area contributed by atoms with Gasteiger partial charge in [0, 0.05) is 19.1 Å². The van der Waals surface area contributed by atoms with Crippen LogP contribution < -0.4 is 4.74 Å². The Hall–Kier alpha value is -1.39. The smallest absolute Gasteiger partial charge is 0.163 e. The third kappa shape index (κ3) is 6.68. The van der Waals surface area contributed by atoms with Gasteiger partial charge in [0.25, 0.3) is 0 Å². The average molecular weight is 280 g/mol. The van der Waals surface area contributed by atoms with Crippen LogP contribution >= 0.6 is 0 Å². The molecule has 112 valence electrons. The number of hydrogen-bond acceptors (Lipinski definition) is 4. The standard InChI is InChI=1S/C16H24O4/c1-3-4-8-16(17)14-6-5-7-15(13-14)20-12-11-19-10-9-18-2/h5-7,13H,3-4,8-12H2,1-2H3. The molecule has 0 aliphatic rings. The van der Waals surface area contributed by atoms with E-state index in [2.05, 4.69) is 6.92 Å². The van der Waals surface area contributed by atoms with E-state index in [0.717, 1.165) is 18.4 Å². The highest BCUT2D eigenvalue weighted by Gasteiger charge is 2.06. The Labute approximate surface area is 121 Å². The fraction of sp³-hybridized carbons (Fsp3) is 0.562. The summed E-state index contributed by atoms with van der Waals surface area (Å²) in [6, 6.07) is 7.33. The second kappa shape index (κ2) is 10.4. The number of ether oxygens (including phenoxy) is 3. The molecule has 1 aromatic rings. The number of ketones is 1. The van der Waals surface area contributed by atoms with Crippen LogP contribution in [0.5, 0.6) is 5.75 Å². The van der Waals surface area contributed by atoms with Gasteiger partial charge in [0.2, 0.25) is 0 Å². The van der Waals surface area contributed by atoms with Gasteiger partial charge in [-0.25, -0.2) is 0 Å². The second-order valence-corrected chi connectivity index (χ2v) is 4.51. The lowest BCUT2D eigenvalue weighted by Gasteiger charge is -2.08. The molecule has 20 heavy (non-hydrogen) atoms. The van der Waals surface area contributed by atoms with E-state index in [1.807, 2.05) is 18.2 Å². The topological polar surface area (TPSA) is 44.8 Å². The first-order valence-electron chi connectivity index (χ1n) is 7.10. The molecule has 1 rings (SSSR count). The van der Waals surface area contributed by atoms with Crippen molar-refractivity contribution in [2.75, 3.05) is 33.5 Å². The first kappa shape index (κ1) is 16.7. The van der Waals surface area contributed by atoms with Gasteiger partial charge in [0.05, 0.1) is 19.8 Å². The molecule has 0 amide bonds. The lowest BCUT2D eigenvalue weighted by atomic mass is 10.1. The van der Waals surface area contributed by atoms with E-state index in [4.69, 9.17) is 14.2 Å². The third-order valence-corrected chi connectivity index (χ3v) is 2.84. The van der Waals surface area contributed by atoms with Crippen LogP contribution in [0.25, 0.3) is 0 Å². The molecule has 0 aromatic heterocycles. The highest BCUT2D eigenvalue weighted by Crippen LogP contribution is 2.15. The average Bonchev–Trinajstić information content (AvgIpc) is 2.48. The highest BCUT2D eigenvalue weighted by molar-refractivity contribution is 5.96. The van der Waals surface area contributed by atoms with Gasteiger partial charge in [-0.05, 0) is 18.6 Å². The molecule has 0 saturated carbocycles. The summed E-state index contributed by atoms with van der Waals surface area (Å²) in [5.41, 5.74) is 0.719. The number of rotatable bonds is 11. The Morgan fingerprint density at radius 1 is 1.15 bits per heavy atom. The molecule has 0 N–H and O–H groups in total. The van der Waals surface area contributed by atoms with Crippen molar-refractivity contribution in [1.82, 2.24) is 0 Å². The molecule has 0 heterocycles. The SMILES string of the molecule is CCCCC(=O)c1cccc(OCCOCCOC)c1. The maximum atomic E-state index is 11.9. The molecular weight excluding hydrogens is 256 g/mol. The minimum absolute atomic E-state index is 0.175. The van der Waals surface area contributed by atoms with Crippen LogP contribution in [-0.4, -0.2) is 39.3 Å². The quantitative estimate of drug-likeness (QED) is 0.461. The van der Waals surface area contributed by atoms with Crippen molar-refractivity contribution in [3.63, 3.8) is 0 Å². The van der Waals surface area contributed by atoms with Crippen LogP contribution in [0.15, 0.2) is 24.3 Å². The summed E-state index contributed by atoms with van der Waals surface area (Å²) < 4.78 is 15.8. The first-order chi connectivity index (χ1) is 9.77. The number of carbonyl (C=O) groups excluding carboxylic acids is 1. The van der Waals surface area contributed by atoms with Crippen molar-refractivity contribution in [3.05, 3.63) is 29.8 Å². The van der Waals surface area contributed by atoms with Crippen LogP contribution in [-0.2, 0) is 9.47 Å². The van der Waals surface area contributed by atoms with Crippen LogP contribution in [0.2, 0.25) is 0 Å². The van der Waals surface area contributed by atoms with Gasteiger partial charge in [0.1, 0.15) is 12.4 Å². The number of hydrogen-bond donors (Lipinski definition) is 0. The van der Waals surface area contributed by atoms with Gasteiger partial charge < -0.3 is 14.2 Å². The predicted octanol–water partition coefficient (Wildman–Crippen LogP) is 3.10. The summed E-state index contributed by atoms with van der Waals surface area (Å²) in [5, 5.41) is 0. The molecule has 0 fully saturated rings. The summed E-state index contributed by atoms with van der Waals surface area (Å²) in [6.45, 7) is 4.21. The monoisotopic (exact) mass is 280 g/mol. The molecule has 4 heteroatoms. The van der Waals surface area contributed by atoms with Crippen molar-refractivity contribution in [1.29, 1.82) is 0 Å². The van der Waals surface area contributed by atoms with Crippen molar-refractivity contribution in [3.8, 4) is 5.75 Å². The summed E-state index contributed by atoms with van der Waals surface area (Å²) in [5.74, 6) is 0.885. The fourth-order valence-electron chi connectivity index (χ4n) is 1.70. The van der Waals surface area contributed by atoms with E-state index in [1.54, 1.807) is 13.2 Å². The fourth-order valence-corrected chi connectivity index (χ4v) is 1.70. The summed E-state index contributed by atoms with van der Waals surface area (Å²) >= 11 is 0. The molecule has 0 aliphatic carbocycles. The largest absolute Gasteiger partial charge is 0.491 e. The second-order valence-electron chi connectivity index (χ2n) is 4.51. The van der Waals surface area contributed by atoms with Crippen molar-refractivity contribution < 1.29 is 19.0 Å². The molecule has 4 nitrogen and oxygen atoms in total. The Kier molecular flexibility index (Phi) is 8.67. The lowest BCUT2D eigenvalue weighted by Crippen LogP contribution is -2.10. The van der Waals surface area contributed by atoms with E-state index in [9.17, 15) is 4.79 Å². The van der Waals surface area contributed by atoms with E-state index in [0.29, 0.717) is 38.6 Å². The normalized spacial score (nSPS) is 10.5. The maximum Gasteiger partial charge on any atom is 0.163 e. The third-order valence-electron chi connectivity index (χ3n) is 2.84. The zero-order valence-electron chi connectivity index (χ0n) is 12.4. The van der Waals surface area contributed by atoms with Crippen LogP contribution in [0, 0.1) is 0 Å². The maximum absolute atomic E-state index is 11.9. The van der Waals surface area contributed by atoms with Gasteiger partial charge in [-0.1, -0.05) is 25.5 Å². The molecule has 0 radical (unpaired) electrons. The molecule has 1 aromatic carbocycles. The van der Waals surface area contributed by atoms with Crippen molar-refractivity contribution in [2.45, 2.75) is 26.2 Å². The minimum Gasteiger partial charge on any atom is -0.491 e. The summed E-state index contributed by atoms with van der Waals surface area (Å²) in [6.07, 6.45) is 2.55. The van der Waals surface area contributed by atoms with Crippen molar-refractivity contribution in [2.24, 2.45) is 0 Å². The minimum atomic E-state index is 0.175. The zero-order valence-corrected chi connectivity index (χ0v) is 12.4. The van der Waals surface area contributed by atoms with Gasteiger partial charge in [-0.3, -0.25) is 4.79 Å². The summed E-state index contributed by atoms with van der Waals surface area (Å²) in [4.78, 5) is 11.9. The van der Waals surface area contributed by atoms with Gasteiger partial charge >= 0.3 is 0 Å². The Morgan fingerprint density at radius 2 is 1.95 bits per heavy atom. The zero-order chi connectivity index (χ0) is 14.6. The van der Waals surface area contributed by atoms with Gasteiger partial charge in [0.15, 0.2) is 5.78 Å². The van der Waals surface area contributed by atoms with Crippen molar-refractivity contribution >= 4 is 5.78 Å². The molecule has 0 spiro atoms. The van der Waals surface area contributed by atoms with Gasteiger partial charge in [-0.15, -0.1) is 0 Å². The molecule has 0 saturated heterocycles. The van der Waals surface area contributed by atoms with E-state index in [-0.39, 0.29) is 5.78 Å². The van der Waals surface area contributed by atoms with Gasteiger partial charge in [-0.2, -0.15) is 0 Å². The Balaban J connectivity index is 2.34. The van der Waals surface area contributed by atoms with Crippen LogP contribution in [0.4, 0.5) is 0 Å². The van der Waals surface area contributed by atoms with E-state index >= 15 is 0 Å². The number of carbonyl (C=O) groups is 1. The molecule has 0 bridgehead atoms. The molecule has 0 unspecified atom stereocenters. The highest BCUT2D eigenvalue weighted by atomic mass is 16.5. The van der Waals surface area contributed by atoms with Crippen LogP contribution in [0.3, 0.4) is 0 Å². The summed E-state index contributed by atoms with van der Waals surface area (Å²) in [7, 11) is 1.64. The molecular formula is C16H24O4. The number of methoxy groups -OCH3 is 1. The predicted molar refractivity (Wildman–Crippen MR) is 78.5 cm³/mol. The molecule has 0 aliphatic heterocycles. The first-order valence-corrected chi connectivity index (χ1v) is 7.10. The van der Waals surface area contributed by atoms with Crippen LogP contribution in [0.1, 0.15) is 36.5 Å².